The van der Waals surface area contributed by atoms with Gasteiger partial charge in [0.15, 0.2) is 0 Å². The number of hydrogen-bond donors (Lipinski definition) is 2. The van der Waals surface area contributed by atoms with Crippen molar-refractivity contribution in [1.82, 2.24) is 10.6 Å². The highest BCUT2D eigenvalue weighted by molar-refractivity contribution is 5.84. The van der Waals surface area contributed by atoms with E-state index in [1.165, 1.54) is 12.8 Å². The number of carbonyl (C=O) groups excluding carboxylic acids is 1. The highest BCUT2D eigenvalue weighted by Gasteiger charge is 2.68. The smallest absolute Gasteiger partial charge is 0.224 e. The van der Waals surface area contributed by atoms with E-state index in [1.807, 2.05) is 0 Å². The Balaban J connectivity index is 1.72. The van der Waals surface area contributed by atoms with Gasteiger partial charge in [-0.2, -0.15) is 0 Å². The Morgan fingerprint density at radius 2 is 1.94 bits per heavy atom. The van der Waals surface area contributed by atoms with Gasteiger partial charge in [-0.1, -0.05) is 27.7 Å². The Morgan fingerprint density at radius 1 is 1.29 bits per heavy atom. The number of amides is 1. The average Bonchev–Trinajstić information content (AvgIpc) is 2.58. The molecule has 0 unspecified atom stereocenters. The van der Waals surface area contributed by atoms with E-state index in [4.69, 9.17) is 0 Å². The van der Waals surface area contributed by atoms with Gasteiger partial charge in [-0.3, -0.25) is 4.79 Å². The van der Waals surface area contributed by atoms with E-state index in [0.29, 0.717) is 6.04 Å². The first-order valence-electron chi connectivity index (χ1n) is 6.88. The minimum absolute atomic E-state index is 0.155. The zero-order valence-corrected chi connectivity index (χ0v) is 11.6. The molecule has 0 spiro atoms. The number of carbonyl (C=O) groups is 1. The molecule has 1 aliphatic carbocycles. The molecule has 1 saturated heterocycles. The zero-order valence-electron chi connectivity index (χ0n) is 11.6. The first-order valence-corrected chi connectivity index (χ1v) is 6.88. The van der Waals surface area contributed by atoms with Crippen molar-refractivity contribution in [2.75, 3.05) is 13.1 Å². The fraction of sp³-hybridized carbons (Fsp3) is 0.929. The van der Waals surface area contributed by atoms with Crippen LogP contribution < -0.4 is 10.6 Å². The van der Waals surface area contributed by atoms with Crippen LogP contribution in [-0.4, -0.2) is 25.0 Å². The second-order valence-corrected chi connectivity index (χ2v) is 6.75. The van der Waals surface area contributed by atoms with Crippen molar-refractivity contribution in [2.24, 2.45) is 16.7 Å². The van der Waals surface area contributed by atoms with Gasteiger partial charge in [0.25, 0.3) is 0 Å². The van der Waals surface area contributed by atoms with Gasteiger partial charge in [-0.05, 0) is 36.6 Å². The molecule has 0 aromatic rings. The molecule has 17 heavy (non-hydrogen) atoms. The van der Waals surface area contributed by atoms with Crippen molar-refractivity contribution < 1.29 is 4.79 Å². The maximum Gasteiger partial charge on any atom is 0.224 e. The summed E-state index contributed by atoms with van der Waals surface area (Å²) >= 11 is 0. The summed E-state index contributed by atoms with van der Waals surface area (Å²) in [7, 11) is 0. The Kier molecular flexibility index (Phi) is 3.23. The van der Waals surface area contributed by atoms with Crippen molar-refractivity contribution >= 4 is 5.91 Å². The molecule has 1 amide bonds. The molecule has 1 heterocycles. The first kappa shape index (κ1) is 12.9. The average molecular weight is 238 g/mol. The molecular formula is C14H26N2O. The van der Waals surface area contributed by atoms with Crippen LogP contribution in [0, 0.1) is 16.7 Å². The molecule has 98 valence electrons. The van der Waals surface area contributed by atoms with Crippen LogP contribution in [0.4, 0.5) is 0 Å². The molecule has 1 aliphatic heterocycles. The van der Waals surface area contributed by atoms with Crippen LogP contribution in [0.1, 0.15) is 47.0 Å². The van der Waals surface area contributed by atoms with Gasteiger partial charge in [0.2, 0.25) is 5.91 Å². The minimum Gasteiger partial charge on any atom is -0.356 e. The van der Waals surface area contributed by atoms with Crippen LogP contribution in [-0.2, 0) is 4.79 Å². The first-order chi connectivity index (χ1) is 7.87. The van der Waals surface area contributed by atoms with E-state index in [9.17, 15) is 4.79 Å². The van der Waals surface area contributed by atoms with Crippen molar-refractivity contribution in [3.63, 3.8) is 0 Å². The van der Waals surface area contributed by atoms with Crippen LogP contribution in [0.5, 0.6) is 0 Å². The third-order valence-corrected chi connectivity index (χ3v) is 5.24. The Labute approximate surface area is 105 Å². The predicted molar refractivity (Wildman–Crippen MR) is 69.7 cm³/mol. The Morgan fingerprint density at radius 3 is 2.41 bits per heavy atom. The molecule has 0 aromatic carbocycles. The number of nitrogens with one attached hydrogen (secondary N) is 2. The molecule has 0 bridgehead atoms. The molecule has 3 heteroatoms. The molecule has 1 atom stereocenters. The van der Waals surface area contributed by atoms with Crippen LogP contribution in [0.25, 0.3) is 0 Å². The van der Waals surface area contributed by atoms with Crippen molar-refractivity contribution in [2.45, 2.75) is 53.0 Å². The van der Waals surface area contributed by atoms with E-state index in [2.05, 4.69) is 38.3 Å². The second-order valence-electron chi connectivity index (χ2n) is 6.75. The molecule has 0 radical (unpaired) electrons. The van der Waals surface area contributed by atoms with Crippen LogP contribution >= 0.6 is 0 Å². The highest BCUT2D eigenvalue weighted by atomic mass is 16.2. The summed E-state index contributed by atoms with van der Waals surface area (Å²) < 4.78 is 0. The lowest BCUT2D eigenvalue weighted by molar-refractivity contribution is -0.123. The van der Waals surface area contributed by atoms with Crippen molar-refractivity contribution in [3.8, 4) is 0 Å². The summed E-state index contributed by atoms with van der Waals surface area (Å²) in [6.07, 6.45) is 3.61. The quantitative estimate of drug-likeness (QED) is 0.786. The van der Waals surface area contributed by atoms with Crippen LogP contribution in [0.3, 0.4) is 0 Å². The lowest BCUT2D eigenvalue weighted by Crippen LogP contribution is -2.32. The SMILES string of the molecule is CC1(C)C(C(=O)NCC[C@@H]2CCCN2)C1(C)C. The summed E-state index contributed by atoms with van der Waals surface area (Å²) in [5, 5.41) is 6.56. The normalized spacial score (nSPS) is 30.2. The lowest BCUT2D eigenvalue weighted by atomic mass is 10.0. The van der Waals surface area contributed by atoms with E-state index in [0.717, 1.165) is 19.5 Å². The lowest BCUT2D eigenvalue weighted by Gasteiger charge is -2.11. The fourth-order valence-corrected chi connectivity index (χ4v) is 3.33. The van der Waals surface area contributed by atoms with Gasteiger partial charge >= 0.3 is 0 Å². The van der Waals surface area contributed by atoms with Gasteiger partial charge in [-0.15, -0.1) is 0 Å². The highest BCUT2D eigenvalue weighted by Crippen LogP contribution is 2.68. The Hall–Kier alpha value is -0.570. The van der Waals surface area contributed by atoms with Crippen molar-refractivity contribution in [1.29, 1.82) is 0 Å². The largest absolute Gasteiger partial charge is 0.356 e. The third kappa shape index (κ3) is 2.22. The van der Waals surface area contributed by atoms with E-state index >= 15 is 0 Å². The maximum atomic E-state index is 12.1. The van der Waals surface area contributed by atoms with Gasteiger partial charge in [0, 0.05) is 18.5 Å². The van der Waals surface area contributed by atoms with E-state index in [1.54, 1.807) is 0 Å². The van der Waals surface area contributed by atoms with Gasteiger partial charge in [0.1, 0.15) is 0 Å². The molecule has 2 fully saturated rings. The fourth-order valence-electron chi connectivity index (χ4n) is 3.33. The standard InChI is InChI=1S/C14H26N2O/c1-13(2)11(14(13,3)4)12(17)16-9-7-10-6-5-8-15-10/h10-11,15H,5-9H2,1-4H3,(H,16,17)/t10-/m0/s1. The van der Waals surface area contributed by atoms with Gasteiger partial charge in [0.05, 0.1) is 0 Å². The van der Waals surface area contributed by atoms with Crippen LogP contribution in [0.2, 0.25) is 0 Å². The molecule has 2 aliphatic rings. The summed E-state index contributed by atoms with van der Waals surface area (Å²) in [5.41, 5.74) is 0.311. The minimum atomic E-state index is 0.155. The monoisotopic (exact) mass is 238 g/mol. The maximum absolute atomic E-state index is 12.1. The summed E-state index contributed by atoms with van der Waals surface area (Å²) in [4.78, 5) is 12.1. The van der Waals surface area contributed by atoms with Gasteiger partial charge < -0.3 is 10.6 Å². The summed E-state index contributed by atoms with van der Waals surface area (Å²) in [6.45, 7) is 10.7. The Bertz CT molecular complexity index is 289. The summed E-state index contributed by atoms with van der Waals surface area (Å²) in [6, 6.07) is 0.621. The molecule has 2 rings (SSSR count). The van der Waals surface area contributed by atoms with Gasteiger partial charge in [-0.25, -0.2) is 0 Å². The molecule has 3 nitrogen and oxygen atoms in total. The summed E-state index contributed by atoms with van der Waals surface area (Å²) in [5.74, 6) is 0.435. The molecule has 2 N–H and O–H groups in total. The number of hydrogen-bond acceptors (Lipinski definition) is 2. The number of rotatable bonds is 4. The van der Waals surface area contributed by atoms with Crippen molar-refractivity contribution in [3.05, 3.63) is 0 Å². The molecule has 1 saturated carbocycles. The van der Waals surface area contributed by atoms with E-state index < -0.39 is 0 Å². The predicted octanol–water partition coefficient (Wildman–Crippen LogP) is 1.93. The molecular weight excluding hydrogens is 212 g/mol. The van der Waals surface area contributed by atoms with E-state index in [-0.39, 0.29) is 22.7 Å². The second kappa shape index (κ2) is 4.27. The zero-order chi connectivity index (χ0) is 12.7. The topological polar surface area (TPSA) is 41.1 Å². The molecule has 0 aromatic heterocycles. The third-order valence-electron chi connectivity index (χ3n) is 5.24. The van der Waals surface area contributed by atoms with Crippen LogP contribution in [0.15, 0.2) is 0 Å².